The van der Waals surface area contributed by atoms with E-state index in [-0.39, 0.29) is 11.7 Å². The van der Waals surface area contributed by atoms with Gasteiger partial charge >= 0.3 is 0 Å². The van der Waals surface area contributed by atoms with Crippen LogP contribution in [0, 0.1) is 6.92 Å². The van der Waals surface area contributed by atoms with Crippen molar-refractivity contribution < 1.29 is 9.53 Å². The molecule has 0 radical (unpaired) electrons. The summed E-state index contributed by atoms with van der Waals surface area (Å²) >= 11 is 7.29. The molecule has 0 bridgehead atoms. The number of aryl methyl sites for hydroxylation is 1. The molecule has 2 heterocycles. The zero-order valence-corrected chi connectivity index (χ0v) is 18.8. The van der Waals surface area contributed by atoms with E-state index in [4.69, 9.17) is 16.3 Å². The zero-order chi connectivity index (χ0) is 21.6. The lowest BCUT2D eigenvalue weighted by molar-refractivity contribution is -0.118. The van der Waals surface area contributed by atoms with Crippen molar-refractivity contribution in [3.8, 4) is 5.69 Å². The van der Waals surface area contributed by atoms with Crippen LogP contribution < -0.4 is 10.2 Å². The third-order valence-electron chi connectivity index (χ3n) is 4.91. The number of nitrogens with one attached hydrogen (secondary N) is 1. The van der Waals surface area contributed by atoms with Gasteiger partial charge < -0.3 is 15.0 Å². The van der Waals surface area contributed by atoms with E-state index in [9.17, 15) is 4.79 Å². The van der Waals surface area contributed by atoms with Crippen LogP contribution in [0.5, 0.6) is 0 Å². The Hall–Kier alpha value is -2.55. The van der Waals surface area contributed by atoms with Gasteiger partial charge in [-0.1, -0.05) is 47.6 Å². The molecule has 0 atom stereocenters. The van der Waals surface area contributed by atoms with E-state index in [1.54, 1.807) is 0 Å². The Bertz CT molecular complexity index is 1030. The van der Waals surface area contributed by atoms with Crippen molar-refractivity contribution in [1.82, 2.24) is 20.1 Å². The first-order valence-electron chi connectivity index (χ1n) is 10.1. The average Bonchev–Trinajstić information content (AvgIpc) is 3.22. The molecule has 1 saturated heterocycles. The third-order valence-corrected chi connectivity index (χ3v) is 6.09. The fourth-order valence-corrected chi connectivity index (χ4v) is 4.20. The quantitative estimate of drug-likeness (QED) is 0.548. The Morgan fingerprint density at radius 2 is 1.94 bits per heavy atom. The van der Waals surface area contributed by atoms with E-state index < -0.39 is 0 Å². The highest BCUT2D eigenvalue weighted by atomic mass is 35.5. The molecule has 162 valence electrons. The summed E-state index contributed by atoms with van der Waals surface area (Å²) in [6.07, 6.45) is 0. The largest absolute Gasteiger partial charge is 0.378 e. The predicted octanol–water partition coefficient (Wildman–Crippen LogP) is 3.47. The molecule has 1 fully saturated rings. The van der Waals surface area contributed by atoms with Gasteiger partial charge in [-0.15, -0.1) is 10.2 Å². The molecule has 0 saturated carbocycles. The number of ether oxygens (including phenoxy) is 1. The van der Waals surface area contributed by atoms with Gasteiger partial charge in [0.05, 0.1) is 24.7 Å². The SMILES string of the molecule is Cc1cccc(-n2c(SCC(=O)NCc3ccc(Cl)cc3)nnc2N2CCOCC2)c1. The zero-order valence-electron chi connectivity index (χ0n) is 17.3. The van der Waals surface area contributed by atoms with Crippen molar-refractivity contribution in [2.45, 2.75) is 18.6 Å². The second-order valence-corrected chi connectivity index (χ2v) is 8.63. The van der Waals surface area contributed by atoms with Crippen molar-refractivity contribution in [1.29, 1.82) is 0 Å². The molecule has 7 nitrogen and oxygen atoms in total. The topological polar surface area (TPSA) is 72.3 Å². The minimum absolute atomic E-state index is 0.0633. The van der Waals surface area contributed by atoms with Gasteiger partial charge in [0.15, 0.2) is 5.16 Å². The average molecular weight is 458 g/mol. The summed E-state index contributed by atoms with van der Waals surface area (Å²) in [6, 6.07) is 15.6. The number of hydrogen-bond acceptors (Lipinski definition) is 6. The fourth-order valence-electron chi connectivity index (χ4n) is 3.30. The van der Waals surface area contributed by atoms with Gasteiger partial charge in [0.1, 0.15) is 0 Å². The Morgan fingerprint density at radius 1 is 1.16 bits per heavy atom. The van der Waals surface area contributed by atoms with Crippen molar-refractivity contribution in [2.75, 3.05) is 37.0 Å². The van der Waals surface area contributed by atoms with Crippen molar-refractivity contribution in [3.05, 3.63) is 64.7 Å². The second kappa shape index (κ2) is 10.2. The summed E-state index contributed by atoms with van der Waals surface area (Å²) in [7, 11) is 0. The normalized spacial score (nSPS) is 13.9. The minimum Gasteiger partial charge on any atom is -0.378 e. The smallest absolute Gasteiger partial charge is 0.232 e. The molecular formula is C22H24ClN5O2S. The van der Waals surface area contributed by atoms with E-state index in [1.807, 2.05) is 41.0 Å². The first kappa shape index (κ1) is 21.7. The molecule has 31 heavy (non-hydrogen) atoms. The Balaban J connectivity index is 1.47. The lowest BCUT2D eigenvalue weighted by atomic mass is 10.2. The standard InChI is InChI=1S/C22H24ClN5O2S/c1-16-3-2-4-19(13-16)28-21(27-9-11-30-12-10-27)25-26-22(28)31-15-20(29)24-14-17-5-7-18(23)8-6-17/h2-8,13H,9-12,14-15H2,1H3,(H,24,29). The van der Waals surface area contributed by atoms with Gasteiger partial charge in [-0.05, 0) is 42.3 Å². The van der Waals surface area contributed by atoms with Crippen LogP contribution in [0.2, 0.25) is 5.02 Å². The summed E-state index contributed by atoms with van der Waals surface area (Å²) < 4.78 is 7.50. The van der Waals surface area contributed by atoms with Gasteiger partial charge in [-0.3, -0.25) is 9.36 Å². The number of nitrogens with zero attached hydrogens (tertiary/aromatic N) is 4. The maximum Gasteiger partial charge on any atom is 0.232 e. The molecule has 0 unspecified atom stereocenters. The third kappa shape index (κ3) is 5.58. The summed E-state index contributed by atoms with van der Waals surface area (Å²) in [6.45, 7) is 5.36. The van der Waals surface area contributed by atoms with E-state index >= 15 is 0 Å². The van der Waals surface area contributed by atoms with E-state index in [0.717, 1.165) is 35.9 Å². The highest BCUT2D eigenvalue weighted by molar-refractivity contribution is 7.99. The van der Waals surface area contributed by atoms with E-state index in [1.165, 1.54) is 11.8 Å². The number of morpholine rings is 1. The number of thioether (sulfide) groups is 1. The van der Waals surface area contributed by atoms with Gasteiger partial charge in [0.25, 0.3) is 0 Å². The van der Waals surface area contributed by atoms with Crippen molar-refractivity contribution in [2.24, 2.45) is 0 Å². The van der Waals surface area contributed by atoms with Crippen LogP contribution >= 0.6 is 23.4 Å². The monoisotopic (exact) mass is 457 g/mol. The lowest BCUT2D eigenvalue weighted by Crippen LogP contribution is -2.37. The molecule has 3 aromatic rings. The van der Waals surface area contributed by atoms with Gasteiger partial charge in [0, 0.05) is 24.7 Å². The number of hydrogen-bond donors (Lipinski definition) is 1. The molecule has 0 spiro atoms. The van der Waals surface area contributed by atoms with Crippen LogP contribution in [-0.2, 0) is 16.1 Å². The molecule has 0 aliphatic carbocycles. The van der Waals surface area contributed by atoms with Crippen LogP contribution in [0.3, 0.4) is 0 Å². The van der Waals surface area contributed by atoms with Crippen molar-refractivity contribution in [3.63, 3.8) is 0 Å². The van der Waals surface area contributed by atoms with E-state index in [2.05, 4.69) is 39.5 Å². The Morgan fingerprint density at radius 3 is 2.68 bits per heavy atom. The number of carbonyl (C=O) groups is 1. The van der Waals surface area contributed by atoms with Gasteiger partial charge in [0.2, 0.25) is 11.9 Å². The molecule has 9 heteroatoms. The summed E-state index contributed by atoms with van der Waals surface area (Å²) in [4.78, 5) is 14.6. The summed E-state index contributed by atoms with van der Waals surface area (Å²) in [5, 5.41) is 13.1. The lowest BCUT2D eigenvalue weighted by Gasteiger charge is -2.28. The van der Waals surface area contributed by atoms with Crippen LogP contribution in [0.25, 0.3) is 5.69 Å². The summed E-state index contributed by atoms with van der Waals surface area (Å²) in [5.74, 6) is 0.963. The molecule has 1 aromatic heterocycles. The highest BCUT2D eigenvalue weighted by Crippen LogP contribution is 2.27. The molecule has 1 N–H and O–H groups in total. The first-order chi connectivity index (χ1) is 15.1. The maximum atomic E-state index is 12.4. The number of aromatic nitrogens is 3. The number of benzene rings is 2. The molecule has 1 aliphatic heterocycles. The fraction of sp³-hybridized carbons (Fsp3) is 0.318. The van der Waals surface area contributed by atoms with Crippen LogP contribution in [0.15, 0.2) is 53.7 Å². The van der Waals surface area contributed by atoms with Gasteiger partial charge in [-0.2, -0.15) is 0 Å². The predicted molar refractivity (Wildman–Crippen MR) is 123 cm³/mol. The maximum absolute atomic E-state index is 12.4. The molecule has 2 aromatic carbocycles. The minimum atomic E-state index is -0.0633. The number of rotatable bonds is 7. The van der Waals surface area contributed by atoms with E-state index in [0.29, 0.717) is 29.9 Å². The molecule has 1 amide bonds. The van der Waals surface area contributed by atoms with Gasteiger partial charge in [-0.25, -0.2) is 0 Å². The Kier molecular flexibility index (Phi) is 7.11. The number of anilines is 1. The highest BCUT2D eigenvalue weighted by Gasteiger charge is 2.22. The second-order valence-electron chi connectivity index (χ2n) is 7.25. The molecular weight excluding hydrogens is 434 g/mol. The molecule has 1 aliphatic rings. The van der Waals surface area contributed by atoms with Crippen LogP contribution in [0.4, 0.5) is 5.95 Å². The number of carbonyl (C=O) groups excluding carboxylic acids is 1. The number of amides is 1. The number of halogens is 1. The molecule has 4 rings (SSSR count). The Labute approximate surface area is 190 Å². The van der Waals surface area contributed by atoms with Crippen LogP contribution in [-0.4, -0.2) is 52.7 Å². The van der Waals surface area contributed by atoms with Crippen LogP contribution in [0.1, 0.15) is 11.1 Å². The first-order valence-corrected chi connectivity index (χ1v) is 11.5. The van der Waals surface area contributed by atoms with Crippen molar-refractivity contribution >= 4 is 35.2 Å². The summed E-state index contributed by atoms with van der Waals surface area (Å²) in [5.41, 5.74) is 3.13.